The second-order valence-electron chi connectivity index (χ2n) is 9.26. The summed E-state index contributed by atoms with van der Waals surface area (Å²) < 4.78 is 11.4. The van der Waals surface area contributed by atoms with Crippen LogP contribution in [0.25, 0.3) is 0 Å². The average Bonchev–Trinajstić information content (AvgIpc) is 2.91. The molecule has 1 aliphatic rings. The molecule has 2 aromatic rings. The molecule has 1 unspecified atom stereocenters. The van der Waals surface area contributed by atoms with Gasteiger partial charge >= 0.3 is 11.9 Å². The van der Waals surface area contributed by atoms with Crippen LogP contribution in [0.5, 0.6) is 11.5 Å². The quantitative estimate of drug-likeness (QED) is 0.124. The lowest BCUT2D eigenvalue weighted by molar-refractivity contribution is -0.384. The van der Waals surface area contributed by atoms with E-state index in [9.17, 15) is 35.0 Å². The van der Waals surface area contributed by atoms with E-state index >= 15 is 0 Å². The van der Waals surface area contributed by atoms with Gasteiger partial charge in [0, 0.05) is 35.6 Å². The van der Waals surface area contributed by atoms with Gasteiger partial charge in [-0.15, -0.1) is 0 Å². The number of nitrogens with one attached hydrogen (secondary N) is 2. The number of unbranched alkanes of at least 4 members (excludes halogenated alkanes) is 1. The molecule has 2 aromatic carbocycles. The SMILES string of the molecule is CC1=C(C(=O)O)C(c2cc([N+](=O)[O-])ccc2OCCCCNCC(O)COc2ccccc2)C(C(=O)O)=C(C)N1. The molecule has 0 bridgehead atoms. The van der Waals surface area contributed by atoms with Crippen molar-refractivity contribution in [3.8, 4) is 11.5 Å². The molecule has 1 heterocycles. The first-order valence-electron chi connectivity index (χ1n) is 12.7. The Morgan fingerprint density at radius 3 is 2.27 bits per heavy atom. The minimum absolute atomic E-state index is 0.0869. The summed E-state index contributed by atoms with van der Waals surface area (Å²) in [7, 11) is 0. The maximum Gasteiger partial charge on any atom is 0.334 e. The maximum atomic E-state index is 12.2. The number of allylic oxidation sites excluding steroid dienone is 2. The molecule has 1 aliphatic heterocycles. The van der Waals surface area contributed by atoms with Gasteiger partial charge in [-0.05, 0) is 51.4 Å². The van der Waals surface area contributed by atoms with Crippen molar-refractivity contribution in [3.63, 3.8) is 0 Å². The summed E-state index contributed by atoms with van der Waals surface area (Å²) in [4.78, 5) is 35.2. The molecule has 0 aromatic heterocycles. The second kappa shape index (κ2) is 14.1. The van der Waals surface area contributed by atoms with Crippen LogP contribution in [-0.4, -0.2) is 64.6 Å². The number of benzene rings is 2. The summed E-state index contributed by atoms with van der Waals surface area (Å²) >= 11 is 0. The van der Waals surface area contributed by atoms with Crippen LogP contribution in [0.2, 0.25) is 0 Å². The van der Waals surface area contributed by atoms with E-state index in [4.69, 9.17) is 9.47 Å². The number of aliphatic hydroxyl groups is 1. The molecule has 0 fully saturated rings. The van der Waals surface area contributed by atoms with Crippen LogP contribution in [-0.2, 0) is 9.59 Å². The standard InChI is InChI=1S/C28H33N3O9/c1-17-24(27(33)34)26(25(28(35)36)18(2)30-17)22-14-19(31(37)38)10-11-23(22)39-13-7-6-12-29-15-20(32)16-40-21-8-4-3-5-9-21/h3-5,8-11,14,20,26,29-30,32H,6-7,12-13,15-16H2,1-2H3,(H,33,34)(H,35,36). The number of hydrogen-bond donors (Lipinski definition) is 5. The number of nitrogens with zero attached hydrogens (tertiary/aromatic N) is 1. The zero-order valence-electron chi connectivity index (χ0n) is 22.3. The summed E-state index contributed by atoms with van der Waals surface area (Å²) in [5.41, 5.74) is -0.215. The molecule has 0 spiro atoms. The van der Waals surface area contributed by atoms with Gasteiger partial charge in [0.2, 0.25) is 0 Å². The number of para-hydroxylation sites is 1. The molecule has 0 aliphatic carbocycles. The highest BCUT2D eigenvalue weighted by Crippen LogP contribution is 2.43. The number of aliphatic hydroxyl groups excluding tert-OH is 1. The predicted molar refractivity (Wildman–Crippen MR) is 145 cm³/mol. The Labute approximate surface area is 231 Å². The lowest BCUT2D eigenvalue weighted by Crippen LogP contribution is -2.32. The van der Waals surface area contributed by atoms with E-state index in [-0.39, 0.29) is 52.8 Å². The van der Waals surface area contributed by atoms with Crippen molar-refractivity contribution in [3.05, 3.63) is 86.7 Å². The number of ether oxygens (including phenoxy) is 2. The van der Waals surface area contributed by atoms with Crippen LogP contribution in [0, 0.1) is 10.1 Å². The summed E-state index contributed by atoms with van der Waals surface area (Å²) in [6.07, 6.45) is 0.567. The highest BCUT2D eigenvalue weighted by atomic mass is 16.6. The molecule has 0 saturated heterocycles. The van der Waals surface area contributed by atoms with Crippen molar-refractivity contribution in [2.45, 2.75) is 38.7 Å². The smallest absolute Gasteiger partial charge is 0.334 e. The normalized spacial score (nSPS) is 14.5. The number of rotatable bonds is 15. The number of nitro benzene ring substituents is 1. The molecule has 5 N–H and O–H groups in total. The molecule has 1 atom stereocenters. The fourth-order valence-electron chi connectivity index (χ4n) is 4.45. The largest absolute Gasteiger partial charge is 0.493 e. The molecule has 0 amide bonds. The first-order valence-corrected chi connectivity index (χ1v) is 12.7. The Balaban J connectivity index is 1.63. The Hall–Kier alpha value is -4.42. The van der Waals surface area contributed by atoms with Gasteiger partial charge in [-0.1, -0.05) is 18.2 Å². The minimum Gasteiger partial charge on any atom is -0.493 e. The third-order valence-corrected chi connectivity index (χ3v) is 6.31. The van der Waals surface area contributed by atoms with Gasteiger partial charge < -0.3 is 35.4 Å². The minimum atomic E-state index is -1.35. The molecule has 12 heteroatoms. The third-order valence-electron chi connectivity index (χ3n) is 6.31. The van der Waals surface area contributed by atoms with Crippen LogP contribution >= 0.6 is 0 Å². The number of carboxylic acid groups (broad SMARTS) is 2. The predicted octanol–water partition coefficient (Wildman–Crippen LogP) is 3.19. The van der Waals surface area contributed by atoms with Gasteiger partial charge in [0.05, 0.1) is 28.6 Å². The third kappa shape index (κ3) is 7.80. The maximum absolute atomic E-state index is 12.2. The number of dihydropyridines is 1. The van der Waals surface area contributed by atoms with Gasteiger partial charge in [-0.2, -0.15) is 0 Å². The Morgan fingerprint density at radius 1 is 1.02 bits per heavy atom. The molecule has 0 radical (unpaired) electrons. The van der Waals surface area contributed by atoms with Crippen LogP contribution in [0.4, 0.5) is 5.69 Å². The van der Waals surface area contributed by atoms with Crippen molar-refractivity contribution in [1.29, 1.82) is 0 Å². The van der Waals surface area contributed by atoms with Crippen molar-refractivity contribution in [2.24, 2.45) is 0 Å². The average molecular weight is 556 g/mol. The molecule has 40 heavy (non-hydrogen) atoms. The summed E-state index contributed by atoms with van der Waals surface area (Å²) in [6, 6.07) is 12.9. The molecular formula is C28H33N3O9. The fraction of sp³-hybridized carbons (Fsp3) is 0.357. The highest BCUT2D eigenvalue weighted by molar-refractivity contribution is 5.98. The zero-order chi connectivity index (χ0) is 29.2. The molecule has 3 rings (SSSR count). The highest BCUT2D eigenvalue weighted by Gasteiger charge is 2.38. The zero-order valence-corrected chi connectivity index (χ0v) is 22.3. The van der Waals surface area contributed by atoms with Crippen LogP contribution in [0.15, 0.2) is 71.1 Å². The van der Waals surface area contributed by atoms with Crippen molar-refractivity contribution >= 4 is 17.6 Å². The summed E-state index contributed by atoms with van der Waals surface area (Å²) in [5.74, 6) is -3.14. The summed E-state index contributed by atoms with van der Waals surface area (Å²) in [6.45, 7) is 4.29. The Kier molecular flexibility index (Phi) is 10.6. The number of carbonyl (C=O) groups is 2. The van der Waals surface area contributed by atoms with E-state index in [0.717, 1.165) is 6.07 Å². The van der Waals surface area contributed by atoms with Crippen LogP contribution in [0.3, 0.4) is 0 Å². The monoisotopic (exact) mass is 555 g/mol. The van der Waals surface area contributed by atoms with E-state index in [0.29, 0.717) is 31.7 Å². The van der Waals surface area contributed by atoms with E-state index in [2.05, 4.69) is 10.6 Å². The number of hydrogen-bond acceptors (Lipinski definition) is 9. The van der Waals surface area contributed by atoms with E-state index < -0.39 is 28.9 Å². The topological polar surface area (TPSA) is 180 Å². The van der Waals surface area contributed by atoms with Gasteiger partial charge in [0.15, 0.2) is 0 Å². The first-order chi connectivity index (χ1) is 19.1. The molecule has 0 saturated carbocycles. The number of aliphatic carboxylic acids is 2. The van der Waals surface area contributed by atoms with Crippen molar-refractivity contribution in [1.82, 2.24) is 10.6 Å². The number of nitro groups is 1. The van der Waals surface area contributed by atoms with Crippen molar-refractivity contribution in [2.75, 3.05) is 26.3 Å². The lowest BCUT2D eigenvalue weighted by atomic mass is 9.80. The first kappa shape index (κ1) is 30.1. The Morgan fingerprint density at radius 2 is 1.68 bits per heavy atom. The molecular weight excluding hydrogens is 522 g/mol. The number of non-ortho nitro benzene ring substituents is 1. The van der Waals surface area contributed by atoms with Gasteiger partial charge in [0.1, 0.15) is 24.2 Å². The molecule has 214 valence electrons. The van der Waals surface area contributed by atoms with Gasteiger partial charge in [-0.3, -0.25) is 10.1 Å². The lowest BCUT2D eigenvalue weighted by Gasteiger charge is -2.29. The van der Waals surface area contributed by atoms with Crippen LogP contribution < -0.4 is 20.1 Å². The van der Waals surface area contributed by atoms with E-state index in [1.807, 2.05) is 30.3 Å². The van der Waals surface area contributed by atoms with Gasteiger partial charge in [0.25, 0.3) is 5.69 Å². The summed E-state index contributed by atoms with van der Waals surface area (Å²) in [5, 5.41) is 47.3. The van der Waals surface area contributed by atoms with Gasteiger partial charge in [-0.25, -0.2) is 9.59 Å². The van der Waals surface area contributed by atoms with Crippen LogP contribution in [0.1, 0.15) is 38.2 Å². The Bertz CT molecular complexity index is 1260. The van der Waals surface area contributed by atoms with E-state index in [1.165, 1.54) is 26.0 Å². The fourth-order valence-corrected chi connectivity index (χ4v) is 4.45. The second-order valence-corrected chi connectivity index (χ2v) is 9.26. The van der Waals surface area contributed by atoms with E-state index in [1.54, 1.807) is 0 Å². The molecule has 12 nitrogen and oxygen atoms in total. The number of carboxylic acids is 2. The van der Waals surface area contributed by atoms with Crippen molar-refractivity contribution < 1.29 is 39.3 Å².